The average molecular weight is 297 g/mol. The molecule has 6 heteroatoms. The van der Waals surface area contributed by atoms with Crippen LogP contribution in [0, 0.1) is 28.7 Å². The highest BCUT2D eigenvalue weighted by Crippen LogP contribution is 2.36. The fourth-order valence-electron chi connectivity index (χ4n) is 2.72. The van der Waals surface area contributed by atoms with Gasteiger partial charge >= 0.3 is 0 Å². The lowest BCUT2D eigenvalue weighted by atomic mass is 9.75. The molecular weight excluding hydrogens is 286 g/mol. The minimum atomic E-state index is -1.90. The van der Waals surface area contributed by atoms with Crippen molar-refractivity contribution in [2.24, 2.45) is 5.41 Å². The van der Waals surface area contributed by atoms with Crippen LogP contribution in [0.15, 0.2) is 6.07 Å². The van der Waals surface area contributed by atoms with Gasteiger partial charge in [-0.2, -0.15) is 0 Å². The Morgan fingerprint density at radius 3 is 2.29 bits per heavy atom. The van der Waals surface area contributed by atoms with E-state index in [1.54, 1.807) is 0 Å². The van der Waals surface area contributed by atoms with Gasteiger partial charge in [0.2, 0.25) is 0 Å². The molecule has 1 aromatic carbocycles. The number of pyridine rings is 1. The number of Topliss-reactive ketones (excluding diaryl/α,β-unsaturated/α-hetero) is 1. The molecule has 2 aromatic rings. The molecule has 1 aliphatic carbocycles. The Morgan fingerprint density at radius 1 is 1.00 bits per heavy atom. The summed E-state index contributed by atoms with van der Waals surface area (Å²) in [6.07, 6.45) is 0.616. The minimum absolute atomic E-state index is 0.145. The molecule has 21 heavy (non-hydrogen) atoms. The molecule has 0 amide bonds. The first-order valence-electron chi connectivity index (χ1n) is 6.40. The lowest BCUT2D eigenvalue weighted by Gasteiger charge is -2.29. The lowest BCUT2D eigenvalue weighted by molar-refractivity contribution is 0.0910. The van der Waals surface area contributed by atoms with E-state index in [1.807, 2.05) is 13.8 Å². The van der Waals surface area contributed by atoms with Crippen molar-refractivity contribution < 1.29 is 22.4 Å². The van der Waals surface area contributed by atoms with Gasteiger partial charge in [-0.05, 0) is 17.9 Å². The van der Waals surface area contributed by atoms with E-state index in [2.05, 4.69) is 4.98 Å². The smallest absolute Gasteiger partial charge is 0.199 e. The van der Waals surface area contributed by atoms with Crippen molar-refractivity contribution in [1.29, 1.82) is 0 Å². The highest BCUT2D eigenvalue weighted by molar-refractivity contribution is 6.01. The van der Waals surface area contributed by atoms with E-state index < -0.39 is 34.2 Å². The molecular formula is C15H11F4NO. The highest BCUT2D eigenvalue weighted by Gasteiger charge is 2.33. The fourth-order valence-corrected chi connectivity index (χ4v) is 2.72. The predicted octanol–water partition coefficient (Wildman–Crippen LogP) is 3.95. The summed E-state index contributed by atoms with van der Waals surface area (Å²) in [5, 5.41) is -0.516. The third-order valence-electron chi connectivity index (χ3n) is 3.71. The molecule has 0 aliphatic heterocycles. The van der Waals surface area contributed by atoms with Gasteiger partial charge in [0.05, 0.1) is 5.69 Å². The van der Waals surface area contributed by atoms with Crippen LogP contribution in [0.3, 0.4) is 0 Å². The Morgan fingerprint density at radius 2 is 1.62 bits per heavy atom. The number of hydrogen-bond donors (Lipinski definition) is 0. The summed E-state index contributed by atoms with van der Waals surface area (Å²) in [6.45, 7) is 3.70. The minimum Gasteiger partial charge on any atom is -0.294 e. The van der Waals surface area contributed by atoms with Crippen LogP contribution in [-0.4, -0.2) is 10.8 Å². The van der Waals surface area contributed by atoms with E-state index in [0.29, 0.717) is 6.42 Å². The van der Waals surface area contributed by atoms with E-state index in [1.165, 1.54) is 0 Å². The molecule has 0 unspecified atom stereocenters. The molecule has 0 fully saturated rings. The van der Waals surface area contributed by atoms with E-state index in [-0.39, 0.29) is 28.9 Å². The number of aromatic nitrogens is 1. The first kappa shape index (κ1) is 14.0. The monoisotopic (exact) mass is 297 g/mol. The summed E-state index contributed by atoms with van der Waals surface area (Å²) in [5.41, 5.74) is -0.520. The Labute approximate surface area is 117 Å². The van der Waals surface area contributed by atoms with Crippen LogP contribution in [-0.2, 0) is 6.42 Å². The molecule has 0 saturated carbocycles. The number of nitrogens with zero attached hydrogens (tertiary/aromatic N) is 1. The predicted molar refractivity (Wildman–Crippen MR) is 68.0 cm³/mol. The normalized spacial score (nSPS) is 17.1. The zero-order valence-corrected chi connectivity index (χ0v) is 11.4. The first-order valence-corrected chi connectivity index (χ1v) is 6.40. The van der Waals surface area contributed by atoms with E-state index in [4.69, 9.17) is 0 Å². The third-order valence-corrected chi connectivity index (χ3v) is 3.71. The molecule has 1 aromatic heterocycles. The van der Waals surface area contributed by atoms with Crippen LogP contribution in [0.1, 0.15) is 36.3 Å². The Balaban J connectivity index is 2.38. The van der Waals surface area contributed by atoms with Gasteiger partial charge in [0.15, 0.2) is 29.1 Å². The fraction of sp³-hybridized carbons (Fsp3) is 0.333. The van der Waals surface area contributed by atoms with Crippen molar-refractivity contribution in [2.75, 3.05) is 0 Å². The second-order valence-electron chi connectivity index (χ2n) is 6.08. The topological polar surface area (TPSA) is 30.0 Å². The van der Waals surface area contributed by atoms with E-state index in [0.717, 1.165) is 6.07 Å². The van der Waals surface area contributed by atoms with Crippen molar-refractivity contribution >= 4 is 16.7 Å². The molecule has 1 aliphatic rings. The van der Waals surface area contributed by atoms with Crippen molar-refractivity contribution in [2.45, 2.75) is 26.7 Å². The average Bonchev–Trinajstić information content (AvgIpc) is 2.40. The van der Waals surface area contributed by atoms with Crippen molar-refractivity contribution in [3.05, 3.63) is 40.6 Å². The molecule has 0 N–H and O–H groups in total. The van der Waals surface area contributed by atoms with Gasteiger partial charge < -0.3 is 0 Å². The second-order valence-corrected chi connectivity index (χ2v) is 6.08. The van der Waals surface area contributed by atoms with Gasteiger partial charge in [-0.25, -0.2) is 22.5 Å². The zero-order valence-electron chi connectivity index (χ0n) is 11.4. The number of carbonyl (C=O) groups is 1. The summed E-state index contributed by atoms with van der Waals surface area (Å²) >= 11 is 0. The molecule has 0 atom stereocenters. The van der Waals surface area contributed by atoms with Gasteiger partial charge in [0.1, 0.15) is 5.52 Å². The summed E-state index contributed by atoms with van der Waals surface area (Å²) in [5.74, 6) is -7.13. The molecule has 0 spiro atoms. The van der Waals surface area contributed by atoms with E-state index >= 15 is 0 Å². The van der Waals surface area contributed by atoms with Crippen molar-refractivity contribution in [1.82, 2.24) is 4.98 Å². The van der Waals surface area contributed by atoms with Gasteiger partial charge in [0.25, 0.3) is 0 Å². The van der Waals surface area contributed by atoms with Gasteiger partial charge in [-0.15, -0.1) is 0 Å². The van der Waals surface area contributed by atoms with Gasteiger partial charge in [0, 0.05) is 17.4 Å². The molecule has 2 nitrogen and oxygen atoms in total. The molecule has 1 heterocycles. The Hall–Kier alpha value is -1.98. The largest absolute Gasteiger partial charge is 0.294 e. The number of fused-ring (bicyclic) bond motifs is 2. The van der Waals surface area contributed by atoms with E-state index in [9.17, 15) is 22.4 Å². The third kappa shape index (κ3) is 2.01. The second kappa shape index (κ2) is 4.26. The Kier molecular flexibility index (Phi) is 2.83. The molecule has 0 saturated heterocycles. The van der Waals surface area contributed by atoms with Crippen LogP contribution in [0.25, 0.3) is 10.9 Å². The molecule has 3 rings (SSSR count). The SMILES string of the molecule is CC1(C)CC(=O)c2cc3c(F)c(F)c(F)c(F)c3nc2C1. The van der Waals surface area contributed by atoms with Crippen LogP contribution in [0.2, 0.25) is 0 Å². The number of carbonyl (C=O) groups excluding carboxylic acids is 1. The van der Waals surface area contributed by atoms with Gasteiger partial charge in [-0.1, -0.05) is 13.8 Å². The summed E-state index contributed by atoms with van der Waals surface area (Å²) in [7, 11) is 0. The maximum atomic E-state index is 13.8. The summed E-state index contributed by atoms with van der Waals surface area (Å²) < 4.78 is 54.1. The van der Waals surface area contributed by atoms with Crippen LogP contribution >= 0.6 is 0 Å². The maximum Gasteiger partial charge on any atom is 0.199 e. The zero-order chi connectivity index (χ0) is 15.5. The number of ketones is 1. The highest BCUT2D eigenvalue weighted by atomic mass is 19.2. The molecule has 0 bridgehead atoms. The number of halogens is 4. The Bertz CT molecular complexity index is 798. The first-order chi connectivity index (χ1) is 9.71. The van der Waals surface area contributed by atoms with Crippen molar-refractivity contribution in [3.63, 3.8) is 0 Å². The summed E-state index contributed by atoms with van der Waals surface area (Å²) in [4.78, 5) is 16.0. The van der Waals surface area contributed by atoms with Crippen LogP contribution in [0.4, 0.5) is 17.6 Å². The maximum absolute atomic E-state index is 13.8. The van der Waals surface area contributed by atoms with Gasteiger partial charge in [-0.3, -0.25) is 4.79 Å². The van der Waals surface area contributed by atoms with Crippen molar-refractivity contribution in [3.8, 4) is 0 Å². The van der Waals surface area contributed by atoms with Crippen LogP contribution in [0.5, 0.6) is 0 Å². The number of benzene rings is 1. The standard InChI is InChI=1S/C15H11F4NO/c1-15(2)4-8-6(9(21)5-15)3-7-10(16)11(17)12(18)13(19)14(7)20-8/h3H,4-5H2,1-2H3. The molecule has 0 radical (unpaired) electrons. The number of hydrogen-bond acceptors (Lipinski definition) is 2. The lowest BCUT2D eigenvalue weighted by Crippen LogP contribution is -2.28. The summed E-state index contributed by atoms with van der Waals surface area (Å²) in [6, 6.07) is 1.07. The number of rotatable bonds is 0. The quantitative estimate of drug-likeness (QED) is 0.419. The van der Waals surface area contributed by atoms with Crippen LogP contribution < -0.4 is 0 Å². The molecule has 110 valence electrons.